The SMILES string of the molecule is CNC1C(=O)Nc2cc(N(C)CC3CCCC3)ccc21. The van der Waals surface area contributed by atoms with E-state index in [-0.39, 0.29) is 11.9 Å². The minimum absolute atomic E-state index is 0.0399. The minimum Gasteiger partial charge on any atom is -0.374 e. The van der Waals surface area contributed by atoms with E-state index in [9.17, 15) is 4.79 Å². The van der Waals surface area contributed by atoms with Gasteiger partial charge in [0.15, 0.2) is 0 Å². The van der Waals surface area contributed by atoms with E-state index in [4.69, 9.17) is 0 Å². The van der Waals surface area contributed by atoms with E-state index in [1.807, 2.05) is 7.05 Å². The van der Waals surface area contributed by atoms with Crippen LogP contribution in [0.25, 0.3) is 0 Å². The third-order valence-corrected chi connectivity index (χ3v) is 4.60. The van der Waals surface area contributed by atoms with Crippen LogP contribution in [0.15, 0.2) is 18.2 Å². The molecule has 1 atom stereocenters. The molecule has 0 bridgehead atoms. The summed E-state index contributed by atoms with van der Waals surface area (Å²) in [6.45, 7) is 1.11. The molecular formula is C16H23N3O. The quantitative estimate of drug-likeness (QED) is 0.886. The number of fused-ring (bicyclic) bond motifs is 1. The Bertz CT molecular complexity index is 508. The molecule has 20 heavy (non-hydrogen) atoms. The first-order valence-electron chi connectivity index (χ1n) is 7.52. The van der Waals surface area contributed by atoms with Crippen molar-refractivity contribution in [3.63, 3.8) is 0 Å². The average Bonchev–Trinajstić information content (AvgIpc) is 3.04. The molecule has 0 radical (unpaired) electrons. The molecule has 1 aliphatic heterocycles. The van der Waals surface area contributed by atoms with E-state index in [1.165, 1.54) is 31.4 Å². The van der Waals surface area contributed by atoms with Crippen LogP contribution in [-0.4, -0.2) is 26.5 Å². The Kier molecular flexibility index (Phi) is 3.66. The molecule has 2 N–H and O–H groups in total. The van der Waals surface area contributed by atoms with Gasteiger partial charge in [0.25, 0.3) is 0 Å². The van der Waals surface area contributed by atoms with Gasteiger partial charge in [-0.15, -0.1) is 0 Å². The molecule has 4 nitrogen and oxygen atoms in total. The van der Waals surface area contributed by atoms with Crippen molar-refractivity contribution < 1.29 is 4.79 Å². The molecule has 0 saturated heterocycles. The van der Waals surface area contributed by atoms with Crippen LogP contribution in [-0.2, 0) is 4.79 Å². The predicted molar refractivity (Wildman–Crippen MR) is 82.1 cm³/mol. The number of hydrogen-bond acceptors (Lipinski definition) is 3. The fourth-order valence-electron chi connectivity index (χ4n) is 3.46. The lowest BCUT2D eigenvalue weighted by Crippen LogP contribution is -2.24. The molecule has 0 aromatic heterocycles. The van der Waals surface area contributed by atoms with Crippen LogP contribution in [0, 0.1) is 5.92 Å². The fraction of sp³-hybridized carbons (Fsp3) is 0.562. The number of nitrogens with one attached hydrogen (secondary N) is 2. The van der Waals surface area contributed by atoms with Crippen molar-refractivity contribution >= 4 is 17.3 Å². The number of rotatable bonds is 4. The van der Waals surface area contributed by atoms with Crippen LogP contribution in [0.2, 0.25) is 0 Å². The van der Waals surface area contributed by atoms with Gasteiger partial charge in [0.05, 0.1) is 0 Å². The first-order valence-corrected chi connectivity index (χ1v) is 7.52. The molecule has 1 fully saturated rings. The van der Waals surface area contributed by atoms with Crippen molar-refractivity contribution in [3.05, 3.63) is 23.8 Å². The molecule has 1 aromatic rings. The number of likely N-dealkylation sites (N-methyl/N-ethyl adjacent to an activating group) is 1. The summed E-state index contributed by atoms with van der Waals surface area (Å²) >= 11 is 0. The van der Waals surface area contributed by atoms with Gasteiger partial charge in [-0.2, -0.15) is 0 Å². The maximum absolute atomic E-state index is 11.8. The number of amides is 1. The Morgan fingerprint density at radius 2 is 2.10 bits per heavy atom. The van der Waals surface area contributed by atoms with Crippen LogP contribution >= 0.6 is 0 Å². The summed E-state index contributed by atoms with van der Waals surface area (Å²) in [5.41, 5.74) is 3.19. The summed E-state index contributed by atoms with van der Waals surface area (Å²) in [6.07, 6.45) is 5.47. The highest BCUT2D eigenvalue weighted by atomic mass is 16.2. The van der Waals surface area contributed by atoms with Gasteiger partial charge in [-0.25, -0.2) is 0 Å². The number of carbonyl (C=O) groups is 1. The van der Waals surface area contributed by atoms with Crippen molar-refractivity contribution in [1.29, 1.82) is 0 Å². The summed E-state index contributed by atoms with van der Waals surface area (Å²) in [7, 11) is 3.96. The molecule has 1 unspecified atom stereocenters. The van der Waals surface area contributed by atoms with E-state index < -0.39 is 0 Å². The zero-order valence-electron chi connectivity index (χ0n) is 12.3. The van der Waals surface area contributed by atoms with Gasteiger partial charge in [-0.3, -0.25) is 4.79 Å². The lowest BCUT2D eigenvalue weighted by atomic mass is 10.1. The van der Waals surface area contributed by atoms with Crippen molar-refractivity contribution in [2.75, 3.05) is 30.9 Å². The van der Waals surface area contributed by atoms with Gasteiger partial charge in [0, 0.05) is 30.5 Å². The van der Waals surface area contributed by atoms with E-state index >= 15 is 0 Å². The smallest absolute Gasteiger partial charge is 0.246 e. The predicted octanol–water partition coefficient (Wildman–Crippen LogP) is 2.53. The van der Waals surface area contributed by atoms with Gasteiger partial charge in [0.1, 0.15) is 6.04 Å². The molecule has 1 aromatic carbocycles. The molecule has 2 aliphatic rings. The Balaban J connectivity index is 1.75. The summed E-state index contributed by atoms with van der Waals surface area (Å²) in [5.74, 6) is 0.867. The van der Waals surface area contributed by atoms with Crippen molar-refractivity contribution in [2.24, 2.45) is 5.92 Å². The van der Waals surface area contributed by atoms with Gasteiger partial charge in [0.2, 0.25) is 5.91 Å². The van der Waals surface area contributed by atoms with Gasteiger partial charge >= 0.3 is 0 Å². The van der Waals surface area contributed by atoms with Crippen molar-refractivity contribution in [1.82, 2.24) is 5.32 Å². The standard InChI is InChI=1S/C16H23N3O/c1-17-15-13-8-7-12(9-14(13)18-16(15)20)19(2)10-11-5-3-4-6-11/h7-9,11,15,17H,3-6,10H2,1-2H3,(H,18,20). The second kappa shape index (κ2) is 5.44. The number of benzene rings is 1. The van der Waals surface area contributed by atoms with E-state index in [2.05, 4.69) is 40.8 Å². The minimum atomic E-state index is -0.209. The molecule has 1 aliphatic carbocycles. The maximum atomic E-state index is 11.8. The summed E-state index contributed by atoms with van der Waals surface area (Å²) in [5, 5.41) is 6.01. The molecule has 0 spiro atoms. The van der Waals surface area contributed by atoms with Crippen LogP contribution in [0.3, 0.4) is 0 Å². The van der Waals surface area contributed by atoms with Gasteiger partial charge < -0.3 is 15.5 Å². The van der Waals surface area contributed by atoms with Gasteiger partial charge in [-0.1, -0.05) is 18.9 Å². The number of hydrogen-bond donors (Lipinski definition) is 2. The Morgan fingerprint density at radius 3 is 2.80 bits per heavy atom. The summed E-state index contributed by atoms with van der Waals surface area (Å²) < 4.78 is 0. The van der Waals surface area contributed by atoms with Crippen LogP contribution in [0.5, 0.6) is 0 Å². The summed E-state index contributed by atoms with van der Waals surface area (Å²) in [4.78, 5) is 14.1. The first kappa shape index (κ1) is 13.4. The average molecular weight is 273 g/mol. The Hall–Kier alpha value is -1.55. The lowest BCUT2D eigenvalue weighted by molar-refractivity contribution is -0.117. The van der Waals surface area contributed by atoms with Crippen LogP contribution in [0.1, 0.15) is 37.3 Å². The molecule has 1 amide bonds. The fourth-order valence-corrected chi connectivity index (χ4v) is 3.46. The lowest BCUT2D eigenvalue weighted by Gasteiger charge is -2.23. The highest BCUT2D eigenvalue weighted by molar-refractivity contribution is 6.03. The zero-order valence-corrected chi connectivity index (χ0v) is 12.3. The largest absolute Gasteiger partial charge is 0.374 e. The monoisotopic (exact) mass is 273 g/mol. The molecule has 1 heterocycles. The first-order chi connectivity index (χ1) is 9.69. The highest BCUT2D eigenvalue weighted by Gasteiger charge is 2.29. The van der Waals surface area contributed by atoms with Crippen LogP contribution < -0.4 is 15.5 Å². The van der Waals surface area contributed by atoms with Crippen molar-refractivity contribution in [2.45, 2.75) is 31.7 Å². The number of anilines is 2. The molecule has 3 rings (SSSR count). The topological polar surface area (TPSA) is 44.4 Å². The summed E-state index contributed by atoms with van der Waals surface area (Å²) in [6, 6.07) is 6.08. The number of carbonyl (C=O) groups excluding carboxylic acids is 1. The van der Waals surface area contributed by atoms with E-state index in [0.717, 1.165) is 23.7 Å². The Morgan fingerprint density at radius 1 is 1.35 bits per heavy atom. The third kappa shape index (κ3) is 2.40. The number of nitrogens with zero attached hydrogens (tertiary/aromatic N) is 1. The normalized spacial score (nSPS) is 21.9. The maximum Gasteiger partial charge on any atom is 0.246 e. The van der Waals surface area contributed by atoms with E-state index in [1.54, 1.807) is 0 Å². The van der Waals surface area contributed by atoms with E-state index in [0.29, 0.717) is 0 Å². The zero-order chi connectivity index (χ0) is 14.1. The third-order valence-electron chi connectivity index (χ3n) is 4.60. The van der Waals surface area contributed by atoms with Crippen molar-refractivity contribution in [3.8, 4) is 0 Å². The molecular weight excluding hydrogens is 250 g/mol. The second-order valence-electron chi connectivity index (χ2n) is 6.01. The molecule has 1 saturated carbocycles. The molecule has 108 valence electrons. The highest BCUT2D eigenvalue weighted by Crippen LogP contribution is 2.34. The molecule has 4 heteroatoms. The van der Waals surface area contributed by atoms with Crippen LogP contribution in [0.4, 0.5) is 11.4 Å². The van der Waals surface area contributed by atoms with Gasteiger partial charge in [-0.05, 0) is 37.9 Å². The Labute approximate surface area is 120 Å². The second-order valence-corrected chi connectivity index (χ2v) is 6.01.